The predicted octanol–water partition coefficient (Wildman–Crippen LogP) is 4.95. The molecule has 0 aliphatic carbocycles. The van der Waals surface area contributed by atoms with E-state index in [0.29, 0.717) is 0 Å². The van der Waals surface area contributed by atoms with Crippen LogP contribution < -0.4 is 10.1 Å². The van der Waals surface area contributed by atoms with Gasteiger partial charge in [-0.25, -0.2) is 0 Å². The van der Waals surface area contributed by atoms with Crippen LogP contribution in [0.15, 0.2) is 28.7 Å². The fraction of sp³-hybridized carbons (Fsp3) is 0.353. The van der Waals surface area contributed by atoms with Gasteiger partial charge in [0.1, 0.15) is 5.75 Å². The summed E-state index contributed by atoms with van der Waals surface area (Å²) < 4.78 is 6.31. The molecule has 112 valence electrons. The first-order chi connectivity index (χ1) is 9.92. The number of nitrogens with zero attached hydrogens (tertiary/aromatic N) is 1. The summed E-state index contributed by atoms with van der Waals surface area (Å²) in [6, 6.07) is 8.21. The van der Waals surface area contributed by atoms with Crippen LogP contribution in [0.5, 0.6) is 5.75 Å². The molecule has 21 heavy (non-hydrogen) atoms. The minimum atomic E-state index is 0.168. The second-order valence-corrected chi connectivity index (χ2v) is 6.15. The van der Waals surface area contributed by atoms with E-state index < -0.39 is 0 Å². The zero-order valence-electron chi connectivity index (χ0n) is 13.1. The molecule has 4 heteroatoms. The Balaban J connectivity index is 2.32. The summed E-state index contributed by atoms with van der Waals surface area (Å²) in [5.41, 5.74) is 5.66. The highest BCUT2D eigenvalue weighted by Gasteiger charge is 2.14. The summed E-state index contributed by atoms with van der Waals surface area (Å²) in [6.07, 6.45) is 0. The van der Waals surface area contributed by atoms with Gasteiger partial charge >= 0.3 is 0 Å². The number of benzene rings is 1. The van der Waals surface area contributed by atoms with Crippen LogP contribution in [0.3, 0.4) is 0 Å². The highest BCUT2D eigenvalue weighted by Crippen LogP contribution is 2.31. The van der Waals surface area contributed by atoms with Gasteiger partial charge in [0, 0.05) is 21.9 Å². The molecular formula is C17H21BrN2O. The molecule has 2 aromatic rings. The first kappa shape index (κ1) is 15.8. The Morgan fingerprint density at radius 2 is 1.90 bits per heavy atom. The van der Waals surface area contributed by atoms with Crippen LogP contribution in [-0.2, 0) is 0 Å². The van der Waals surface area contributed by atoms with Crippen molar-refractivity contribution in [1.29, 1.82) is 0 Å². The molecule has 1 N–H and O–H groups in total. The summed E-state index contributed by atoms with van der Waals surface area (Å²) >= 11 is 3.58. The number of rotatable bonds is 4. The molecule has 1 aromatic carbocycles. The van der Waals surface area contributed by atoms with Crippen molar-refractivity contribution in [1.82, 2.24) is 4.98 Å². The van der Waals surface area contributed by atoms with Crippen LogP contribution >= 0.6 is 15.9 Å². The van der Waals surface area contributed by atoms with Gasteiger partial charge in [0.15, 0.2) is 0 Å². The maximum absolute atomic E-state index is 5.29. The SMILES string of the molecule is COc1ccc(Br)c(NC(C)c2c(C)cc(C)nc2C)c1. The topological polar surface area (TPSA) is 34.1 Å². The second kappa shape index (κ2) is 6.48. The van der Waals surface area contributed by atoms with Gasteiger partial charge in [-0.1, -0.05) is 0 Å². The maximum atomic E-state index is 5.29. The highest BCUT2D eigenvalue weighted by atomic mass is 79.9. The van der Waals surface area contributed by atoms with Crippen molar-refractivity contribution >= 4 is 21.6 Å². The van der Waals surface area contributed by atoms with Gasteiger partial charge in [-0.3, -0.25) is 4.98 Å². The zero-order chi connectivity index (χ0) is 15.6. The Morgan fingerprint density at radius 3 is 2.52 bits per heavy atom. The number of hydrogen-bond acceptors (Lipinski definition) is 3. The van der Waals surface area contributed by atoms with Crippen LogP contribution in [0.2, 0.25) is 0 Å². The van der Waals surface area contributed by atoms with Gasteiger partial charge in [-0.15, -0.1) is 0 Å². The van der Waals surface area contributed by atoms with Crippen molar-refractivity contribution in [3.63, 3.8) is 0 Å². The molecule has 2 rings (SSSR count). The van der Waals surface area contributed by atoms with Crippen molar-refractivity contribution in [2.45, 2.75) is 33.7 Å². The van der Waals surface area contributed by atoms with Crippen LogP contribution in [0.4, 0.5) is 5.69 Å². The first-order valence-corrected chi connectivity index (χ1v) is 7.76. The summed E-state index contributed by atoms with van der Waals surface area (Å²) in [5, 5.41) is 3.54. The first-order valence-electron chi connectivity index (χ1n) is 6.97. The van der Waals surface area contributed by atoms with E-state index in [1.54, 1.807) is 7.11 Å². The molecule has 0 spiro atoms. The van der Waals surface area contributed by atoms with Gasteiger partial charge in [-0.2, -0.15) is 0 Å². The van der Waals surface area contributed by atoms with Crippen LogP contribution in [0.25, 0.3) is 0 Å². The number of aromatic nitrogens is 1. The molecular weight excluding hydrogens is 328 g/mol. The number of methoxy groups -OCH3 is 1. The van der Waals surface area contributed by atoms with Gasteiger partial charge in [0.2, 0.25) is 0 Å². The second-order valence-electron chi connectivity index (χ2n) is 5.29. The Bertz CT molecular complexity index is 632. The summed E-state index contributed by atoms with van der Waals surface area (Å²) in [5.74, 6) is 0.836. The van der Waals surface area contributed by atoms with Crippen molar-refractivity contribution < 1.29 is 4.74 Å². The lowest BCUT2D eigenvalue weighted by Gasteiger charge is -2.21. The Kier molecular flexibility index (Phi) is 4.88. The van der Waals surface area contributed by atoms with Gasteiger partial charge in [0.05, 0.1) is 18.8 Å². The van der Waals surface area contributed by atoms with Gasteiger partial charge in [0.25, 0.3) is 0 Å². The fourth-order valence-electron chi connectivity index (χ4n) is 2.74. The molecule has 3 nitrogen and oxygen atoms in total. The molecule has 0 aliphatic heterocycles. The van der Waals surface area contributed by atoms with E-state index in [0.717, 1.165) is 27.3 Å². The normalized spacial score (nSPS) is 12.1. The zero-order valence-corrected chi connectivity index (χ0v) is 14.7. The van der Waals surface area contributed by atoms with E-state index in [1.807, 2.05) is 25.1 Å². The van der Waals surface area contributed by atoms with Crippen LogP contribution in [-0.4, -0.2) is 12.1 Å². The predicted molar refractivity (Wildman–Crippen MR) is 91.2 cm³/mol. The Hall–Kier alpha value is -1.55. The molecule has 1 aromatic heterocycles. The molecule has 0 fully saturated rings. The lowest BCUT2D eigenvalue weighted by molar-refractivity contribution is 0.415. The largest absolute Gasteiger partial charge is 0.497 e. The standard InChI is InChI=1S/C17H21BrN2O/c1-10-8-11(2)19-12(3)17(10)13(4)20-16-9-14(21-5)6-7-15(16)18/h6-9,13,20H,1-5H3. The van der Waals surface area contributed by atoms with E-state index in [-0.39, 0.29) is 6.04 Å². The average molecular weight is 349 g/mol. The molecule has 1 heterocycles. The van der Waals surface area contributed by atoms with E-state index >= 15 is 0 Å². The summed E-state index contributed by atoms with van der Waals surface area (Å²) in [4.78, 5) is 4.58. The smallest absolute Gasteiger partial charge is 0.121 e. The van der Waals surface area contributed by atoms with Gasteiger partial charge < -0.3 is 10.1 Å². The maximum Gasteiger partial charge on any atom is 0.121 e. The van der Waals surface area contributed by atoms with E-state index in [4.69, 9.17) is 4.74 Å². The summed E-state index contributed by atoms with van der Waals surface area (Å²) in [7, 11) is 1.68. The minimum Gasteiger partial charge on any atom is -0.497 e. The quantitative estimate of drug-likeness (QED) is 0.848. The van der Waals surface area contributed by atoms with Crippen molar-refractivity contribution in [3.8, 4) is 5.75 Å². The van der Waals surface area contributed by atoms with Crippen LogP contribution in [0.1, 0.15) is 35.5 Å². The van der Waals surface area contributed by atoms with E-state index in [9.17, 15) is 0 Å². The van der Waals surface area contributed by atoms with E-state index in [1.165, 1.54) is 11.1 Å². The number of halogens is 1. The van der Waals surface area contributed by atoms with E-state index in [2.05, 4.69) is 53.1 Å². The number of hydrogen-bond donors (Lipinski definition) is 1. The molecule has 0 radical (unpaired) electrons. The van der Waals surface area contributed by atoms with Crippen LogP contribution in [0, 0.1) is 20.8 Å². The lowest BCUT2D eigenvalue weighted by Crippen LogP contribution is -2.12. The van der Waals surface area contributed by atoms with Crippen molar-refractivity contribution in [2.24, 2.45) is 0 Å². The lowest BCUT2D eigenvalue weighted by atomic mass is 10.00. The average Bonchev–Trinajstić information content (AvgIpc) is 2.40. The minimum absolute atomic E-state index is 0.168. The highest BCUT2D eigenvalue weighted by molar-refractivity contribution is 9.10. The fourth-order valence-corrected chi connectivity index (χ4v) is 3.10. The monoisotopic (exact) mass is 348 g/mol. The number of ether oxygens (including phenoxy) is 1. The third kappa shape index (κ3) is 3.56. The molecule has 0 amide bonds. The number of anilines is 1. The third-order valence-corrected chi connectivity index (χ3v) is 4.25. The molecule has 1 unspecified atom stereocenters. The molecule has 0 aliphatic rings. The Morgan fingerprint density at radius 1 is 1.19 bits per heavy atom. The molecule has 0 saturated carbocycles. The Labute approximate surface area is 134 Å². The number of aryl methyl sites for hydroxylation is 3. The van der Waals surface area contributed by atoms with Crippen molar-refractivity contribution in [3.05, 3.63) is 51.3 Å². The summed E-state index contributed by atoms with van der Waals surface area (Å²) in [6.45, 7) is 8.38. The number of nitrogens with one attached hydrogen (secondary N) is 1. The molecule has 0 bridgehead atoms. The third-order valence-electron chi connectivity index (χ3n) is 3.56. The molecule has 1 atom stereocenters. The molecule has 0 saturated heterocycles. The van der Waals surface area contributed by atoms with Crippen molar-refractivity contribution in [2.75, 3.05) is 12.4 Å². The van der Waals surface area contributed by atoms with Gasteiger partial charge in [-0.05, 0) is 73.0 Å². The number of pyridine rings is 1.